The van der Waals surface area contributed by atoms with Crippen molar-refractivity contribution in [3.63, 3.8) is 0 Å². The van der Waals surface area contributed by atoms with Gasteiger partial charge in [0.2, 0.25) is 10.0 Å². The lowest BCUT2D eigenvalue weighted by molar-refractivity contribution is 0.469. The van der Waals surface area contributed by atoms with Gasteiger partial charge < -0.3 is 5.32 Å². The van der Waals surface area contributed by atoms with Crippen molar-refractivity contribution < 1.29 is 8.42 Å². The highest BCUT2D eigenvalue weighted by Gasteiger charge is 2.23. The van der Waals surface area contributed by atoms with Crippen LogP contribution in [0.25, 0.3) is 0 Å². The molecule has 0 aliphatic rings. The van der Waals surface area contributed by atoms with Crippen molar-refractivity contribution in [2.45, 2.75) is 18.0 Å². The summed E-state index contributed by atoms with van der Waals surface area (Å²) in [6, 6.07) is 3.59. The number of likely N-dealkylation sites (N-methyl/N-ethyl adjacent to an activating group) is 1. The fourth-order valence-corrected chi connectivity index (χ4v) is 4.07. The molecule has 0 fully saturated rings. The molecule has 0 unspecified atom stereocenters. The third kappa shape index (κ3) is 4.04. The quantitative estimate of drug-likeness (QED) is 0.826. The minimum Gasteiger partial charge on any atom is -0.318 e. The minimum atomic E-state index is -3.54. The summed E-state index contributed by atoms with van der Waals surface area (Å²) in [5.41, 5.74) is 0. The van der Waals surface area contributed by atoms with E-state index in [0.29, 0.717) is 17.4 Å². The van der Waals surface area contributed by atoms with Gasteiger partial charge in [-0.3, -0.25) is 4.68 Å². The van der Waals surface area contributed by atoms with Gasteiger partial charge in [0.05, 0.1) is 17.1 Å². The maximum Gasteiger partial charge on any atom is 0.246 e. The fourth-order valence-electron chi connectivity index (χ4n) is 1.75. The summed E-state index contributed by atoms with van der Waals surface area (Å²) in [5, 5.41) is 7.06. The molecule has 2 rings (SSSR count). The normalized spacial score (nSPS) is 12.2. The average molecular weight is 349 g/mol. The minimum absolute atomic E-state index is 0.198. The lowest BCUT2D eigenvalue weighted by atomic mass is 10.5. The van der Waals surface area contributed by atoms with Gasteiger partial charge in [-0.25, -0.2) is 8.42 Å². The Hall–Kier alpha value is -0.930. The molecule has 0 amide bonds. The predicted molar refractivity (Wildman–Crippen MR) is 84.1 cm³/mol. The summed E-state index contributed by atoms with van der Waals surface area (Å²) in [6.07, 6.45) is 2.92. The predicted octanol–water partition coefficient (Wildman–Crippen LogP) is 1.64. The van der Waals surface area contributed by atoms with Crippen LogP contribution in [0.4, 0.5) is 0 Å². The van der Waals surface area contributed by atoms with E-state index in [9.17, 15) is 8.42 Å². The van der Waals surface area contributed by atoms with Crippen molar-refractivity contribution in [3.8, 4) is 0 Å². The molecule has 21 heavy (non-hydrogen) atoms. The zero-order valence-electron chi connectivity index (χ0n) is 11.8. The second-order valence-electron chi connectivity index (χ2n) is 4.51. The molecule has 0 atom stereocenters. The molecule has 0 bridgehead atoms. The highest BCUT2D eigenvalue weighted by atomic mass is 35.5. The molecular formula is C12H17ClN4O2S2. The van der Waals surface area contributed by atoms with Crippen LogP contribution in [-0.4, -0.2) is 43.1 Å². The highest BCUT2D eigenvalue weighted by molar-refractivity contribution is 7.89. The highest BCUT2D eigenvalue weighted by Crippen LogP contribution is 2.24. The Morgan fingerprint density at radius 3 is 2.86 bits per heavy atom. The Morgan fingerprint density at radius 2 is 2.24 bits per heavy atom. The largest absolute Gasteiger partial charge is 0.318 e. The molecule has 0 aliphatic heterocycles. The molecule has 2 heterocycles. The molecule has 116 valence electrons. The maximum atomic E-state index is 12.5. The van der Waals surface area contributed by atoms with Crippen LogP contribution < -0.4 is 5.32 Å². The molecule has 0 saturated carbocycles. The lowest BCUT2D eigenvalue weighted by Crippen LogP contribution is -2.25. The number of sulfonamides is 1. The number of aromatic nitrogens is 2. The monoisotopic (exact) mass is 348 g/mol. The van der Waals surface area contributed by atoms with E-state index in [0.717, 1.165) is 11.4 Å². The standard InChI is InChI=1S/C12H17ClN4O2S2/c1-14-5-6-17-9-11(7-15-17)21(18,19)16(2)8-10-3-4-12(13)20-10/h3-4,7,9,14H,5-6,8H2,1-2H3. The van der Waals surface area contributed by atoms with Crippen molar-refractivity contribution in [2.75, 3.05) is 20.6 Å². The zero-order valence-corrected chi connectivity index (χ0v) is 14.2. The molecule has 0 spiro atoms. The molecular weight excluding hydrogens is 332 g/mol. The van der Waals surface area contributed by atoms with Gasteiger partial charge in [0.25, 0.3) is 0 Å². The molecule has 0 radical (unpaired) electrons. The first kappa shape index (κ1) is 16.4. The fraction of sp³-hybridized carbons (Fsp3) is 0.417. The SMILES string of the molecule is CNCCn1cc(S(=O)(=O)N(C)Cc2ccc(Cl)s2)cn1. The third-order valence-electron chi connectivity index (χ3n) is 2.92. The number of thiophene rings is 1. The summed E-state index contributed by atoms with van der Waals surface area (Å²) in [7, 11) is -0.155. The van der Waals surface area contributed by atoms with Crippen molar-refractivity contribution in [2.24, 2.45) is 0 Å². The topological polar surface area (TPSA) is 67.2 Å². The number of hydrogen-bond donors (Lipinski definition) is 1. The van der Waals surface area contributed by atoms with Crippen molar-refractivity contribution in [3.05, 3.63) is 33.7 Å². The number of nitrogens with one attached hydrogen (secondary N) is 1. The smallest absolute Gasteiger partial charge is 0.246 e. The Morgan fingerprint density at radius 1 is 1.48 bits per heavy atom. The van der Waals surface area contributed by atoms with E-state index in [-0.39, 0.29) is 4.90 Å². The van der Waals surface area contributed by atoms with E-state index in [1.54, 1.807) is 24.0 Å². The van der Waals surface area contributed by atoms with E-state index >= 15 is 0 Å². The van der Waals surface area contributed by atoms with Gasteiger partial charge in [0.1, 0.15) is 4.90 Å². The summed E-state index contributed by atoms with van der Waals surface area (Å²) in [5.74, 6) is 0. The van der Waals surface area contributed by atoms with Gasteiger partial charge in [-0.1, -0.05) is 11.6 Å². The Kier molecular flexibility index (Phi) is 5.39. The molecule has 0 aromatic carbocycles. The molecule has 2 aromatic rings. The average Bonchev–Trinajstić information content (AvgIpc) is 3.06. The van der Waals surface area contributed by atoms with E-state index in [1.165, 1.54) is 21.8 Å². The van der Waals surface area contributed by atoms with Gasteiger partial charge in [-0.2, -0.15) is 9.40 Å². The van der Waals surface area contributed by atoms with Crippen molar-refractivity contribution >= 4 is 33.0 Å². The zero-order chi connectivity index (χ0) is 15.5. The van der Waals surface area contributed by atoms with Crippen LogP contribution >= 0.6 is 22.9 Å². The molecule has 9 heteroatoms. The van der Waals surface area contributed by atoms with Crippen LogP contribution in [0.5, 0.6) is 0 Å². The van der Waals surface area contributed by atoms with Crippen LogP contribution in [0.15, 0.2) is 29.4 Å². The molecule has 6 nitrogen and oxygen atoms in total. The van der Waals surface area contributed by atoms with Gasteiger partial charge in [0.15, 0.2) is 0 Å². The summed E-state index contributed by atoms with van der Waals surface area (Å²) >= 11 is 7.23. The van der Waals surface area contributed by atoms with E-state index in [1.807, 2.05) is 13.1 Å². The second kappa shape index (κ2) is 6.89. The summed E-state index contributed by atoms with van der Waals surface area (Å²) in [4.78, 5) is 1.09. The second-order valence-corrected chi connectivity index (χ2v) is 8.35. The molecule has 0 saturated heterocycles. The van der Waals surface area contributed by atoms with Crippen LogP contribution in [0.1, 0.15) is 4.88 Å². The van der Waals surface area contributed by atoms with Crippen LogP contribution in [0.2, 0.25) is 4.34 Å². The molecule has 0 aliphatic carbocycles. The Balaban J connectivity index is 2.11. The van der Waals surface area contributed by atoms with E-state index < -0.39 is 10.0 Å². The van der Waals surface area contributed by atoms with Gasteiger partial charge in [-0.15, -0.1) is 11.3 Å². The first-order valence-electron chi connectivity index (χ1n) is 6.31. The third-order valence-corrected chi connectivity index (χ3v) is 5.89. The van der Waals surface area contributed by atoms with Gasteiger partial charge in [0, 0.05) is 31.2 Å². The number of hydrogen-bond acceptors (Lipinski definition) is 5. The lowest BCUT2D eigenvalue weighted by Gasteiger charge is -2.14. The van der Waals surface area contributed by atoms with Crippen molar-refractivity contribution in [1.82, 2.24) is 19.4 Å². The van der Waals surface area contributed by atoms with Crippen LogP contribution in [0.3, 0.4) is 0 Å². The van der Waals surface area contributed by atoms with Gasteiger partial charge in [-0.05, 0) is 19.2 Å². The molecule has 1 N–H and O–H groups in total. The van der Waals surface area contributed by atoms with E-state index in [4.69, 9.17) is 11.6 Å². The first-order valence-corrected chi connectivity index (χ1v) is 8.94. The summed E-state index contributed by atoms with van der Waals surface area (Å²) in [6.45, 7) is 1.64. The van der Waals surface area contributed by atoms with Gasteiger partial charge >= 0.3 is 0 Å². The summed E-state index contributed by atoms with van der Waals surface area (Å²) < 4.78 is 28.5. The van der Waals surface area contributed by atoms with Crippen LogP contribution in [-0.2, 0) is 23.1 Å². The van der Waals surface area contributed by atoms with Crippen LogP contribution in [0, 0.1) is 0 Å². The number of halogens is 1. The Bertz CT molecular complexity index is 696. The maximum absolute atomic E-state index is 12.5. The molecule has 2 aromatic heterocycles. The number of nitrogens with zero attached hydrogens (tertiary/aromatic N) is 3. The van der Waals surface area contributed by atoms with E-state index in [2.05, 4.69) is 10.4 Å². The first-order chi connectivity index (χ1) is 9.93. The Labute approximate surface area is 133 Å². The van der Waals surface area contributed by atoms with Crippen molar-refractivity contribution in [1.29, 1.82) is 0 Å². The number of rotatable bonds is 7.